The van der Waals surface area contributed by atoms with Crippen LogP contribution < -0.4 is 0 Å². The first-order valence-electron chi connectivity index (χ1n) is 7.55. The number of hydrogen-bond donors (Lipinski definition) is 1. The van der Waals surface area contributed by atoms with Gasteiger partial charge >= 0.3 is 0 Å². The normalized spacial score (nSPS) is 28.3. The zero-order valence-electron chi connectivity index (χ0n) is 12.1. The molecule has 1 aliphatic carbocycles. The summed E-state index contributed by atoms with van der Waals surface area (Å²) >= 11 is 3.69. The lowest BCUT2D eigenvalue weighted by Gasteiger charge is -2.45. The number of likely N-dealkylation sites (N-methyl/N-ethyl adjacent to an activating group) is 1. The number of nitriles is 1. The Morgan fingerprint density at radius 2 is 2.33 bits per heavy atom. The Morgan fingerprint density at radius 3 is 3.14 bits per heavy atom. The minimum atomic E-state index is 0.500. The number of benzene rings is 1. The number of nitrogens with zero attached hydrogens (tertiary/aromatic N) is 2. The van der Waals surface area contributed by atoms with Crippen molar-refractivity contribution in [1.29, 1.82) is 5.26 Å². The summed E-state index contributed by atoms with van der Waals surface area (Å²) in [5, 5.41) is 10.4. The first-order valence-corrected chi connectivity index (χ1v) is 8.34. The topological polar surface area (TPSA) is 42.8 Å². The maximum Gasteiger partial charge on any atom is 0.0864 e. The molecule has 1 fully saturated rings. The number of halogens is 1. The van der Waals surface area contributed by atoms with Gasteiger partial charge in [-0.05, 0) is 58.9 Å². The summed E-state index contributed by atoms with van der Waals surface area (Å²) in [5.74, 6) is 1.06. The van der Waals surface area contributed by atoms with Crippen molar-refractivity contribution in [3.8, 4) is 6.07 Å². The quantitative estimate of drug-likeness (QED) is 0.855. The van der Waals surface area contributed by atoms with Gasteiger partial charge in [0.2, 0.25) is 0 Å². The second kappa shape index (κ2) is 4.86. The van der Waals surface area contributed by atoms with Gasteiger partial charge in [0.25, 0.3) is 0 Å². The lowest BCUT2D eigenvalue weighted by Crippen LogP contribution is -2.47. The van der Waals surface area contributed by atoms with Crippen molar-refractivity contribution in [2.75, 3.05) is 13.6 Å². The molecule has 1 N–H and O–H groups in total. The van der Waals surface area contributed by atoms with Gasteiger partial charge in [-0.25, -0.2) is 0 Å². The molecule has 21 heavy (non-hydrogen) atoms. The molecule has 0 amide bonds. The number of fused-ring (bicyclic) bond motifs is 2. The number of piperidine rings is 1. The van der Waals surface area contributed by atoms with Crippen molar-refractivity contribution >= 4 is 26.8 Å². The van der Waals surface area contributed by atoms with Crippen LogP contribution in [0.1, 0.15) is 29.9 Å². The van der Waals surface area contributed by atoms with Gasteiger partial charge in [0, 0.05) is 35.8 Å². The number of hydrogen-bond acceptors (Lipinski definition) is 2. The molecule has 2 aromatic rings. The highest BCUT2D eigenvalue weighted by atomic mass is 79.9. The Kier molecular flexibility index (Phi) is 3.09. The van der Waals surface area contributed by atoms with E-state index in [1.807, 2.05) is 0 Å². The molecule has 1 aromatic carbocycles. The van der Waals surface area contributed by atoms with Gasteiger partial charge in [-0.3, -0.25) is 0 Å². The highest BCUT2D eigenvalue weighted by molar-refractivity contribution is 9.10. The molecule has 0 spiro atoms. The van der Waals surface area contributed by atoms with Crippen molar-refractivity contribution in [2.45, 2.75) is 31.2 Å². The second-order valence-corrected chi connectivity index (χ2v) is 7.26. The molecular formula is C17H18BrN3. The van der Waals surface area contributed by atoms with Gasteiger partial charge in [-0.15, -0.1) is 0 Å². The van der Waals surface area contributed by atoms with E-state index >= 15 is 0 Å². The standard InChI is InChI=1S/C17H18BrN3/c1-21-9-10(5-6-19)7-12-11-3-2-4-14-16(11)13(8-15(12)21)17(18)20-14/h2-4,10,12,15,20H,5,7-9H2,1H3/t10?,12-,15-/m1/s1. The maximum atomic E-state index is 9.03. The number of likely N-dealkylation sites (tertiary alicyclic amines) is 1. The Hall–Kier alpha value is -1.31. The molecule has 4 rings (SSSR count). The molecular weight excluding hydrogens is 326 g/mol. The van der Waals surface area contributed by atoms with Crippen LogP contribution in [-0.4, -0.2) is 29.5 Å². The van der Waals surface area contributed by atoms with E-state index in [0.29, 0.717) is 24.3 Å². The lowest BCUT2D eigenvalue weighted by molar-refractivity contribution is 0.113. The Bertz CT molecular complexity index is 742. The van der Waals surface area contributed by atoms with Crippen LogP contribution in [0.4, 0.5) is 0 Å². The fourth-order valence-corrected chi connectivity index (χ4v) is 4.95. The number of H-pyrrole nitrogens is 1. The van der Waals surface area contributed by atoms with Crippen LogP contribution in [0.3, 0.4) is 0 Å². The fraction of sp³-hybridized carbons (Fsp3) is 0.471. The third-order valence-electron chi connectivity index (χ3n) is 5.26. The fourth-order valence-electron chi connectivity index (χ4n) is 4.37. The molecule has 108 valence electrons. The van der Waals surface area contributed by atoms with Crippen LogP contribution in [0.5, 0.6) is 0 Å². The molecule has 1 saturated heterocycles. The van der Waals surface area contributed by atoms with E-state index in [9.17, 15) is 0 Å². The summed E-state index contributed by atoms with van der Waals surface area (Å²) in [4.78, 5) is 5.94. The van der Waals surface area contributed by atoms with Gasteiger partial charge < -0.3 is 9.88 Å². The predicted molar refractivity (Wildman–Crippen MR) is 87.2 cm³/mol. The first kappa shape index (κ1) is 13.4. The molecule has 3 atom stereocenters. The van der Waals surface area contributed by atoms with Gasteiger partial charge in [0.15, 0.2) is 0 Å². The molecule has 4 heteroatoms. The lowest BCUT2D eigenvalue weighted by atomic mass is 9.72. The van der Waals surface area contributed by atoms with Gasteiger partial charge in [0.1, 0.15) is 0 Å². The van der Waals surface area contributed by atoms with E-state index in [-0.39, 0.29) is 0 Å². The largest absolute Gasteiger partial charge is 0.349 e. The highest BCUT2D eigenvalue weighted by Gasteiger charge is 2.39. The van der Waals surface area contributed by atoms with Gasteiger partial charge in [-0.2, -0.15) is 5.26 Å². The minimum Gasteiger partial charge on any atom is -0.349 e. The van der Waals surface area contributed by atoms with Gasteiger partial charge in [0.05, 0.1) is 10.7 Å². The molecule has 1 aliphatic heterocycles. The Balaban J connectivity index is 1.84. The van der Waals surface area contributed by atoms with Crippen LogP contribution in [0, 0.1) is 17.2 Å². The summed E-state index contributed by atoms with van der Waals surface area (Å²) in [6, 6.07) is 9.52. The zero-order chi connectivity index (χ0) is 14.6. The van der Waals surface area contributed by atoms with Crippen LogP contribution >= 0.6 is 15.9 Å². The van der Waals surface area contributed by atoms with Crippen LogP contribution in [0.2, 0.25) is 0 Å². The van der Waals surface area contributed by atoms with E-state index in [1.54, 1.807) is 0 Å². The highest BCUT2D eigenvalue weighted by Crippen LogP contribution is 2.46. The van der Waals surface area contributed by atoms with E-state index in [1.165, 1.54) is 22.0 Å². The van der Waals surface area contributed by atoms with Crippen molar-refractivity contribution < 1.29 is 0 Å². The van der Waals surface area contributed by atoms with E-state index < -0.39 is 0 Å². The van der Waals surface area contributed by atoms with Gasteiger partial charge in [-0.1, -0.05) is 12.1 Å². The third-order valence-corrected chi connectivity index (χ3v) is 5.94. The average molecular weight is 344 g/mol. The van der Waals surface area contributed by atoms with E-state index in [4.69, 9.17) is 5.26 Å². The number of rotatable bonds is 1. The van der Waals surface area contributed by atoms with Crippen molar-refractivity contribution in [1.82, 2.24) is 9.88 Å². The summed E-state index contributed by atoms with van der Waals surface area (Å²) < 4.78 is 1.14. The molecule has 0 saturated carbocycles. The molecule has 3 nitrogen and oxygen atoms in total. The maximum absolute atomic E-state index is 9.03. The number of nitrogens with one attached hydrogen (secondary N) is 1. The first-order chi connectivity index (χ1) is 10.2. The molecule has 1 unspecified atom stereocenters. The summed E-state index contributed by atoms with van der Waals surface area (Å²) in [6.45, 7) is 1.04. The van der Waals surface area contributed by atoms with Crippen molar-refractivity contribution in [3.05, 3.63) is 33.9 Å². The summed E-state index contributed by atoms with van der Waals surface area (Å²) in [6.07, 6.45) is 2.91. The third kappa shape index (κ3) is 1.95. The van der Waals surface area contributed by atoms with E-state index in [2.05, 4.69) is 57.1 Å². The van der Waals surface area contributed by atoms with Crippen LogP contribution in [-0.2, 0) is 6.42 Å². The zero-order valence-corrected chi connectivity index (χ0v) is 13.7. The smallest absolute Gasteiger partial charge is 0.0864 e. The SMILES string of the molecule is CN1CC(CC#N)C[C@@H]2c3cccc4[nH]c(Br)c(c34)C[C@H]21. The predicted octanol–water partition coefficient (Wildman–Crippen LogP) is 3.80. The van der Waals surface area contributed by atoms with E-state index in [0.717, 1.165) is 24.0 Å². The molecule has 2 heterocycles. The Labute approximate surface area is 133 Å². The van der Waals surface area contributed by atoms with Crippen molar-refractivity contribution in [2.24, 2.45) is 5.92 Å². The minimum absolute atomic E-state index is 0.500. The molecule has 1 aromatic heterocycles. The number of aromatic amines is 1. The van der Waals surface area contributed by atoms with Crippen LogP contribution in [0.25, 0.3) is 10.9 Å². The number of aromatic nitrogens is 1. The molecule has 2 aliphatic rings. The molecule has 0 radical (unpaired) electrons. The summed E-state index contributed by atoms with van der Waals surface area (Å²) in [7, 11) is 2.22. The monoisotopic (exact) mass is 343 g/mol. The van der Waals surface area contributed by atoms with Crippen molar-refractivity contribution in [3.63, 3.8) is 0 Å². The average Bonchev–Trinajstić information content (AvgIpc) is 2.78. The molecule has 0 bridgehead atoms. The van der Waals surface area contributed by atoms with Crippen LogP contribution in [0.15, 0.2) is 22.8 Å². The Morgan fingerprint density at radius 1 is 1.48 bits per heavy atom. The summed E-state index contributed by atoms with van der Waals surface area (Å²) in [5.41, 5.74) is 4.13. The second-order valence-electron chi connectivity index (χ2n) is 6.47.